The first-order valence-corrected chi connectivity index (χ1v) is 7.46. The third-order valence-electron chi connectivity index (χ3n) is 3.84. The van der Waals surface area contributed by atoms with Gasteiger partial charge in [-0.15, -0.1) is 0 Å². The van der Waals surface area contributed by atoms with Crippen LogP contribution in [0.5, 0.6) is 0 Å². The highest BCUT2D eigenvalue weighted by Crippen LogP contribution is 2.24. The molecule has 2 aromatic heterocycles. The summed E-state index contributed by atoms with van der Waals surface area (Å²) in [6, 6.07) is 2.06. The predicted molar refractivity (Wildman–Crippen MR) is 79.2 cm³/mol. The van der Waals surface area contributed by atoms with E-state index in [1.807, 2.05) is 20.8 Å². The minimum atomic E-state index is 0.548. The quantitative estimate of drug-likeness (QED) is 0.862. The van der Waals surface area contributed by atoms with E-state index in [0.717, 1.165) is 42.7 Å². The summed E-state index contributed by atoms with van der Waals surface area (Å²) in [5.74, 6) is 3.87. The lowest BCUT2D eigenvalue weighted by atomic mass is 9.94. The number of rotatable bonds is 3. The fraction of sp³-hybridized carbons (Fsp3) is 0.600. The van der Waals surface area contributed by atoms with Crippen LogP contribution < -0.4 is 4.90 Å². The van der Waals surface area contributed by atoms with E-state index in [4.69, 9.17) is 4.52 Å². The van der Waals surface area contributed by atoms with E-state index in [2.05, 4.69) is 31.1 Å². The Hall–Kier alpha value is -1.98. The van der Waals surface area contributed by atoms with Gasteiger partial charge in [0.05, 0.1) is 0 Å². The largest absolute Gasteiger partial charge is 0.356 e. The average Bonchev–Trinajstić information content (AvgIpc) is 2.83. The van der Waals surface area contributed by atoms with Gasteiger partial charge < -0.3 is 9.42 Å². The van der Waals surface area contributed by atoms with Crippen molar-refractivity contribution in [3.8, 4) is 0 Å². The van der Waals surface area contributed by atoms with Gasteiger partial charge in [-0.2, -0.15) is 4.98 Å². The van der Waals surface area contributed by atoms with E-state index >= 15 is 0 Å². The highest BCUT2D eigenvalue weighted by Gasteiger charge is 2.23. The first-order chi connectivity index (χ1) is 10.1. The molecule has 0 aliphatic carbocycles. The van der Waals surface area contributed by atoms with Crippen LogP contribution in [-0.4, -0.2) is 33.2 Å². The molecule has 6 nitrogen and oxygen atoms in total. The number of hydrogen-bond acceptors (Lipinski definition) is 6. The Labute approximate surface area is 124 Å². The zero-order valence-electron chi connectivity index (χ0n) is 12.8. The number of nitrogens with zero attached hydrogens (tertiary/aromatic N) is 5. The molecule has 0 amide bonds. The first kappa shape index (κ1) is 14.0. The smallest absolute Gasteiger partial charge is 0.223 e. The molecular weight excluding hydrogens is 266 g/mol. The summed E-state index contributed by atoms with van der Waals surface area (Å²) in [4.78, 5) is 15.6. The minimum absolute atomic E-state index is 0.548. The molecule has 1 aliphatic rings. The minimum Gasteiger partial charge on any atom is -0.356 e. The van der Waals surface area contributed by atoms with Gasteiger partial charge in [0.1, 0.15) is 11.6 Å². The fourth-order valence-electron chi connectivity index (χ4n) is 2.98. The monoisotopic (exact) mass is 287 g/mol. The molecule has 0 radical (unpaired) electrons. The first-order valence-electron chi connectivity index (χ1n) is 7.46. The number of anilines is 1. The van der Waals surface area contributed by atoms with Crippen molar-refractivity contribution in [2.75, 3.05) is 18.0 Å². The van der Waals surface area contributed by atoms with E-state index in [1.165, 1.54) is 12.8 Å². The molecule has 3 heterocycles. The lowest BCUT2D eigenvalue weighted by Gasteiger charge is -2.33. The van der Waals surface area contributed by atoms with Crippen LogP contribution in [0, 0.1) is 26.7 Å². The van der Waals surface area contributed by atoms with Gasteiger partial charge in [0.15, 0.2) is 5.82 Å². The summed E-state index contributed by atoms with van der Waals surface area (Å²) >= 11 is 0. The number of hydrogen-bond donors (Lipinski definition) is 0. The molecule has 1 fully saturated rings. The second-order valence-electron chi connectivity index (χ2n) is 5.80. The molecule has 0 spiro atoms. The van der Waals surface area contributed by atoms with E-state index in [9.17, 15) is 0 Å². The molecule has 1 aliphatic heterocycles. The fourth-order valence-corrected chi connectivity index (χ4v) is 2.98. The number of piperidine rings is 1. The van der Waals surface area contributed by atoms with Crippen LogP contribution in [0.25, 0.3) is 0 Å². The van der Waals surface area contributed by atoms with E-state index in [-0.39, 0.29) is 0 Å². The summed E-state index contributed by atoms with van der Waals surface area (Å²) in [6.45, 7) is 7.83. The summed E-state index contributed by atoms with van der Waals surface area (Å²) in [6.07, 6.45) is 3.24. The van der Waals surface area contributed by atoms with Crippen LogP contribution in [-0.2, 0) is 6.42 Å². The Bertz CT molecular complexity index is 604. The van der Waals surface area contributed by atoms with Crippen molar-refractivity contribution in [3.05, 3.63) is 29.3 Å². The van der Waals surface area contributed by atoms with Crippen molar-refractivity contribution in [1.29, 1.82) is 0 Å². The van der Waals surface area contributed by atoms with Gasteiger partial charge in [-0.3, -0.25) is 0 Å². The van der Waals surface area contributed by atoms with Crippen molar-refractivity contribution in [2.45, 2.75) is 40.0 Å². The number of aryl methyl sites for hydroxylation is 3. The average molecular weight is 287 g/mol. The maximum atomic E-state index is 5.05. The zero-order valence-corrected chi connectivity index (χ0v) is 12.8. The van der Waals surface area contributed by atoms with Crippen molar-refractivity contribution >= 4 is 5.82 Å². The summed E-state index contributed by atoms with van der Waals surface area (Å²) in [5.41, 5.74) is 1.02. The lowest BCUT2D eigenvalue weighted by molar-refractivity contribution is 0.369. The van der Waals surface area contributed by atoms with Gasteiger partial charge in [-0.05, 0) is 32.6 Å². The number of aromatic nitrogens is 4. The molecule has 0 aromatic carbocycles. The molecule has 0 saturated carbocycles. The third-order valence-corrected chi connectivity index (χ3v) is 3.84. The summed E-state index contributed by atoms with van der Waals surface area (Å²) in [5, 5.41) is 4.01. The van der Waals surface area contributed by atoms with Crippen LogP contribution >= 0.6 is 0 Å². The Morgan fingerprint density at radius 3 is 2.81 bits per heavy atom. The summed E-state index contributed by atoms with van der Waals surface area (Å²) < 4.78 is 5.05. The molecule has 3 rings (SSSR count). The Morgan fingerprint density at radius 1 is 1.24 bits per heavy atom. The van der Waals surface area contributed by atoms with Gasteiger partial charge in [0, 0.05) is 38.2 Å². The van der Waals surface area contributed by atoms with Gasteiger partial charge in [-0.25, -0.2) is 9.97 Å². The van der Waals surface area contributed by atoms with Crippen LogP contribution in [0.1, 0.15) is 36.1 Å². The molecular formula is C15H21N5O. The van der Waals surface area contributed by atoms with E-state index in [1.54, 1.807) is 0 Å². The van der Waals surface area contributed by atoms with Crippen LogP contribution in [0.15, 0.2) is 10.6 Å². The summed E-state index contributed by atoms with van der Waals surface area (Å²) in [7, 11) is 0. The van der Waals surface area contributed by atoms with Crippen molar-refractivity contribution < 1.29 is 4.52 Å². The molecule has 112 valence electrons. The highest BCUT2D eigenvalue weighted by atomic mass is 16.5. The molecule has 6 heteroatoms. The Kier molecular flexibility index (Phi) is 3.86. The molecule has 2 aromatic rings. The maximum Gasteiger partial charge on any atom is 0.223 e. The van der Waals surface area contributed by atoms with Crippen molar-refractivity contribution in [2.24, 2.45) is 5.92 Å². The SMILES string of the molecule is Cc1cc(N2CCCC(Cc3noc(C)n3)C2)nc(C)n1. The van der Waals surface area contributed by atoms with Gasteiger partial charge in [-0.1, -0.05) is 5.16 Å². The Balaban J connectivity index is 1.70. The second kappa shape index (κ2) is 5.79. The normalized spacial score (nSPS) is 19.0. The van der Waals surface area contributed by atoms with Gasteiger partial charge in [0.2, 0.25) is 5.89 Å². The molecule has 0 N–H and O–H groups in total. The Morgan fingerprint density at radius 2 is 2.10 bits per heavy atom. The third kappa shape index (κ3) is 3.37. The van der Waals surface area contributed by atoms with E-state index < -0.39 is 0 Å². The van der Waals surface area contributed by atoms with Crippen LogP contribution in [0.2, 0.25) is 0 Å². The van der Waals surface area contributed by atoms with E-state index in [0.29, 0.717) is 11.8 Å². The molecule has 1 saturated heterocycles. The molecule has 21 heavy (non-hydrogen) atoms. The topological polar surface area (TPSA) is 67.9 Å². The highest BCUT2D eigenvalue weighted by molar-refractivity contribution is 5.40. The maximum absolute atomic E-state index is 5.05. The predicted octanol–water partition coefficient (Wildman–Crippen LogP) is 2.24. The molecule has 1 atom stereocenters. The molecule has 0 bridgehead atoms. The lowest BCUT2D eigenvalue weighted by Crippen LogP contribution is -2.37. The van der Waals surface area contributed by atoms with Crippen LogP contribution in [0.4, 0.5) is 5.82 Å². The van der Waals surface area contributed by atoms with Crippen molar-refractivity contribution in [3.63, 3.8) is 0 Å². The van der Waals surface area contributed by atoms with Crippen molar-refractivity contribution in [1.82, 2.24) is 20.1 Å². The second-order valence-corrected chi connectivity index (χ2v) is 5.80. The van der Waals surface area contributed by atoms with Gasteiger partial charge >= 0.3 is 0 Å². The van der Waals surface area contributed by atoms with Crippen LogP contribution in [0.3, 0.4) is 0 Å². The zero-order chi connectivity index (χ0) is 14.8. The standard InChI is InChI=1S/C15H21N5O/c1-10-7-15(17-11(2)16-10)20-6-4-5-13(9-20)8-14-18-12(3)21-19-14/h7,13H,4-6,8-9H2,1-3H3. The molecule has 1 unspecified atom stereocenters. The van der Waals surface area contributed by atoms with Gasteiger partial charge in [0.25, 0.3) is 0 Å².